The summed E-state index contributed by atoms with van der Waals surface area (Å²) in [5, 5.41) is 6.16. The van der Waals surface area contributed by atoms with Crippen molar-refractivity contribution in [3.63, 3.8) is 0 Å². The molecule has 1 saturated carbocycles. The van der Waals surface area contributed by atoms with Gasteiger partial charge in [-0.1, -0.05) is 36.4 Å². The van der Waals surface area contributed by atoms with Gasteiger partial charge in [0.25, 0.3) is 0 Å². The molecule has 3 aromatic rings. The van der Waals surface area contributed by atoms with Crippen LogP contribution in [0, 0.1) is 0 Å². The fourth-order valence-electron chi connectivity index (χ4n) is 3.86. The Morgan fingerprint density at radius 3 is 2.63 bits per heavy atom. The lowest BCUT2D eigenvalue weighted by Gasteiger charge is -2.16. The number of pyridine rings is 1. The van der Waals surface area contributed by atoms with Crippen LogP contribution in [0.1, 0.15) is 26.8 Å². The summed E-state index contributed by atoms with van der Waals surface area (Å²) < 4.78 is 10.9. The Labute approximate surface area is 178 Å². The van der Waals surface area contributed by atoms with E-state index in [1.165, 1.54) is 5.56 Å². The number of rotatable bonds is 6. The molecule has 6 nitrogen and oxygen atoms in total. The Morgan fingerprint density at radius 1 is 1.07 bits per heavy atom. The minimum atomic E-state index is -0.520. The molecule has 6 heteroatoms. The van der Waals surface area contributed by atoms with Crippen LogP contribution in [0.15, 0.2) is 60.7 Å². The molecule has 0 unspecified atom stereocenters. The molecule has 2 heterocycles. The zero-order valence-electron chi connectivity index (χ0n) is 16.8. The summed E-state index contributed by atoms with van der Waals surface area (Å²) in [6, 6.07) is 19.7. The zero-order chi connectivity index (χ0) is 20.6. The predicted octanol–water partition coefficient (Wildman–Crippen LogP) is 4.36. The number of amides is 1. The Kier molecular flexibility index (Phi) is 4.64. The molecule has 5 rings (SSSR count). The van der Waals surface area contributed by atoms with E-state index in [0.717, 1.165) is 42.0 Å². The summed E-state index contributed by atoms with van der Waals surface area (Å²) in [7, 11) is 1.93. The molecule has 1 aliphatic carbocycles. The van der Waals surface area contributed by atoms with Crippen molar-refractivity contribution in [2.45, 2.75) is 24.8 Å². The summed E-state index contributed by atoms with van der Waals surface area (Å²) in [6.07, 6.45) is 1.62. The van der Waals surface area contributed by atoms with E-state index in [0.29, 0.717) is 11.6 Å². The highest BCUT2D eigenvalue weighted by molar-refractivity contribution is 6.01. The van der Waals surface area contributed by atoms with Crippen molar-refractivity contribution in [3.8, 4) is 22.8 Å². The Hall–Kier alpha value is -3.38. The average molecular weight is 405 g/mol. The number of carbonyl (C=O) groups excluding carboxylic acids is 1. The Balaban J connectivity index is 0.00000144. The fourth-order valence-corrected chi connectivity index (χ4v) is 3.86. The van der Waals surface area contributed by atoms with Gasteiger partial charge in [0.15, 0.2) is 11.5 Å². The van der Waals surface area contributed by atoms with Gasteiger partial charge in [-0.3, -0.25) is 4.79 Å². The maximum atomic E-state index is 13.1. The van der Waals surface area contributed by atoms with E-state index in [9.17, 15) is 4.79 Å². The van der Waals surface area contributed by atoms with Gasteiger partial charge >= 0.3 is 0 Å². The van der Waals surface area contributed by atoms with Crippen LogP contribution >= 0.6 is 0 Å². The van der Waals surface area contributed by atoms with Crippen molar-refractivity contribution in [2.24, 2.45) is 0 Å². The van der Waals surface area contributed by atoms with Crippen molar-refractivity contribution in [1.82, 2.24) is 10.3 Å². The second-order valence-electron chi connectivity index (χ2n) is 7.74. The van der Waals surface area contributed by atoms with Gasteiger partial charge < -0.3 is 20.1 Å². The molecule has 1 aromatic heterocycles. The van der Waals surface area contributed by atoms with Crippen LogP contribution < -0.4 is 20.1 Å². The highest BCUT2D eigenvalue weighted by Crippen LogP contribution is 2.51. The van der Waals surface area contributed by atoms with Crippen LogP contribution in [0.4, 0.5) is 5.82 Å². The predicted molar refractivity (Wildman–Crippen MR) is 119 cm³/mol. The molecule has 2 aliphatic rings. The SMILES string of the molecule is CNCc1ccc(-c2cccc(NC(=O)C3(c4ccc5c(c4)OCO5)CC3)n2)cc1.[HH].[HH]. The van der Waals surface area contributed by atoms with Crippen LogP contribution in [0.2, 0.25) is 0 Å². The van der Waals surface area contributed by atoms with Crippen molar-refractivity contribution in [2.75, 3.05) is 19.2 Å². The highest BCUT2D eigenvalue weighted by atomic mass is 16.7. The van der Waals surface area contributed by atoms with Gasteiger partial charge in [-0.2, -0.15) is 0 Å². The standard InChI is InChI=1S/C24H23N3O3.2H2/c1-25-14-16-5-7-17(8-6-16)19-3-2-4-22(26-19)27-23(28)24(11-12-24)18-9-10-20-21(13-18)30-15-29-20;;/h2-10,13,25H,11-12,14-15H2,1H3,(H,26,27,28);2*1H. The first-order valence-corrected chi connectivity index (χ1v) is 10.1. The maximum absolute atomic E-state index is 13.1. The lowest BCUT2D eigenvalue weighted by atomic mass is 9.94. The van der Waals surface area contributed by atoms with Gasteiger partial charge in [0, 0.05) is 15.0 Å². The largest absolute Gasteiger partial charge is 0.454 e. The van der Waals surface area contributed by atoms with Crippen molar-refractivity contribution in [1.29, 1.82) is 0 Å². The minimum absolute atomic E-state index is 0. The molecule has 0 saturated heterocycles. The summed E-state index contributed by atoms with van der Waals surface area (Å²) in [6.45, 7) is 1.05. The molecule has 1 aliphatic heterocycles. The number of hydrogen-bond acceptors (Lipinski definition) is 5. The van der Waals surface area contributed by atoms with E-state index in [2.05, 4.69) is 39.9 Å². The number of benzene rings is 2. The molecule has 0 spiro atoms. The molecule has 2 aromatic carbocycles. The number of nitrogens with zero attached hydrogens (tertiary/aromatic N) is 1. The van der Waals surface area contributed by atoms with Crippen molar-refractivity contribution < 1.29 is 17.1 Å². The summed E-state index contributed by atoms with van der Waals surface area (Å²) in [4.78, 5) is 17.8. The van der Waals surface area contributed by atoms with Crippen molar-refractivity contribution >= 4 is 11.7 Å². The van der Waals surface area contributed by atoms with E-state index in [-0.39, 0.29) is 15.6 Å². The number of hydrogen-bond donors (Lipinski definition) is 2. The monoisotopic (exact) mass is 405 g/mol. The molecule has 0 bridgehead atoms. The Morgan fingerprint density at radius 2 is 1.87 bits per heavy atom. The normalized spacial score (nSPS) is 15.6. The number of carbonyl (C=O) groups is 1. The van der Waals surface area contributed by atoms with Gasteiger partial charge in [0.1, 0.15) is 5.82 Å². The molecule has 1 fully saturated rings. The van der Waals surface area contributed by atoms with E-state index in [1.54, 1.807) is 0 Å². The quantitative estimate of drug-likeness (QED) is 0.638. The van der Waals surface area contributed by atoms with Crippen molar-refractivity contribution in [3.05, 3.63) is 71.8 Å². The molecule has 0 radical (unpaired) electrons. The van der Waals surface area contributed by atoms with Gasteiger partial charge in [-0.15, -0.1) is 0 Å². The topological polar surface area (TPSA) is 72.5 Å². The van der Waals surface area contributed by atoms with Gasteiger partial charge in [-0.25, -0.2) is 4.98 Å². The summed E-state index contributed by atoms with van der Waals surface area (Å²) in [5.74, 6) is 1.96. The third-order valence-electron chi connectivity index (χ3n) is 5.73. The molecule has 2 N–H and O–H groups in total. The van der Waals surface area contributed by atoms with Crippen LogP contribution in [0.5, 0.6) is 11.5 Å². The van der Waals surface area contributed by atoms with Crippen LogP contribution in [-0.2, 0) is 16.8 Å². The lowest BCUT2D eigenvalue weighted by Crippen LogP contribution is -2.28. The third-order valence-corrected chi connectivity index (χ3v) is 5.73. The van der Waals surface area contributed by atoms with Crippen LogP contribution in [-0.4, -0.2) is 24.7 Å². The van der Waals surface area contributed by atoms with E-state index >= 15 is 0 Å². The first-order valence-electron chi connectivity index (χ1n) is 10.1. The number of anilines is 1. The lowest BCUT2D eigenvalue weighted by molar-refractivity contribution is -0.118. The first kappa shape index (κ1) is 18.6. The van der Waals surface area contributed by atoms with Gasteiger partial charge in [-0.05, 0) is 55.3 Å². The van der Waals surface area contributed by atoms with E-state index in [1.807, 2.05) is 43.4 Å². The third kappa shape index (κ3) is 3.39. The maximum Gasteiger partial charge on any atom is 0.236 e. The zero-order valence-corrected chi connectivity index (χ0v) is 16.8. The van der Waals surface area contributed by atoms with Gasteiger partial charge in [0.2, 0.25) is 12.7 Å². The molecule has 0 atom stereocenters. The Bertz CT molecular complexity index is 1100. The van der Waals surface area contributed by atoms with Crippen LogP contribution in [0.3, 0.4) is 0 Å². The van der Waals surface area contributed by atoms with Gasteiger partial charge in [0.05, 0.1) is 11.1 Å². The summed E-state index contributed by atoms with van der Waals surface area (Å²) in [5.41, 5.74) is 3.50. The number of ether oxygens (including phenoxy) is 2. The molecule has 30 heavy (non-hydrogen) atoms. The second kappa shape index (κ2) is 7.46. The van der Waals surface area contributed by atoms with E-state index < -0.39 is 5.41 Å². The smallest absolute Gasteiger partial charge is 0.236 e. The minimum Gasteiger partial charge on any atom is -0.454 e. The second-order valence-corrected chi connectivity index (χ2v) is 7.74. The fraction of sp³-hybridized carbons (Fsp3) is 0.250. The molecule has 1 amide bonds. The van der Waals surface area contributed by atoms with E-state index in [4.69, 9.17) is 9.47 Å². The number of fused-ring (bicyclic) bond motifs is 1. The molecule has 156 valence electrons. The molecular weight excluding hydrogens is 378 g/mol. The summed E-state index contributed by atoms with van der Waals surface area (Å²) >= 11 is 0. The highest BCUT2D eigenvalue weighted by Gasteiger charge is 2.51. The average Bonchev–Trinajstić information content (AvgIpc) is 3.46. The molecular formula is C24H27N3O3. The first-order chi connectivity index (χ1) is 14.7. The number of aromatic nitrogens is 1. The number of nitrogens with one attached hydrogen (secondary N) is 2. The van der Waals surface area contributed by atoms with Crippen LogP contribution in [0.25, 0.3) is 11.3 Å².